The van der Waals surface area contributed by atoms with Gasteiger partial charge in [-0.25, -0.2) is 0 Å². The second-order valence-corrected chi connectivity index (χ2v) is 2.91. The van der Waals surface area contributed by atoms with Gasteiger partial charge in [-0.1, -0.05) is 0 Å². The number of carbonyl (C=O) groups excluding carboxylic acids is 1. The molecule has 0 fully saturated rings. The predicted molar refractivity (Wildman–Crippen MR) is 51.9 cm³/mol. The van der Waals surface area contributed by atoms with Gasteiger partial charge in [0, 0.05) is 19.5 Å². The van der Waals surface area contributed by atoms with Crippen LogP contribution in [0.5, 0.6) is 0 Å². The molecule has 4 heteroatoms. The molecule has 0 bridgehead atoms. The number of esters is 1. The van der Waals surface area contributed by atoms with Crippen molar-refractivity contribution in [2.45, 2.75) is 12.8 Å². The van der Waals surface area contributed by atoms with E-state index in [2.05, 4.69) is 10.1 Å². The lowest BCUT2D eigenvalue weighted by Crippen LogP contribution is -2.21. The summed E-state index contributed by atoms with van der Waals surface area (Å²) in [5.41, 5.74) is 0. The summed E-state index contributed by atoms with van der Waals surface area (Å²) in [6, 6.07) is 3.80. The van der Waals surface area contributed by atoms with Crippen molar-refractivity contribution < 1.29 is 13.9 Å². The minimum atomic E-state index is -0.185. The number of carbonyl (C=O) groups is 1. The molecule has 1 aromatic rings. The fourth-order valence-electron chi connectivity index (χ4n) is 1.08. The van der Waals surface area contributed by atoms with Crippen molar-refractivity contribution in [2.24, 2.45) is 0 Å². The first-order chi connectivity index (χ1) is 6.83. The van der Waals surface area contributed by atoms with E-state index in [9.17, 15) is 4.79 Å². The van der Waals surface area contributed by atoms with Crippen LogP contribution in [0.3, 0.4) is 0 Å². The molecule has 0 amide bonds. The van der Waals surface area contributed by atoms with Gasteiger partial charge < -0.3 is 14.5 Å². The summed E-state index contributed by atoms with van der Waals surface area (Å²) in [6.45, 7) is 1.46. The van der Waals surface area contributed by atoms with Crippen molar-refractivity contribution in [2.75, 3.05) is 20.2 Å². The van der Waals surface area contributed by atoms with Gasteiger partial charge in [0.15, 0.2) is 0 Å². The van der Waals surface area contributed by atoms with Gasteiger partial charge in [-0.05, 0) is 12.1 Å². The largest absolute Gasteiger partial charge is 0.469 e. The molecule has 4 nitrogen and oxygen atoms in total. The fourth-order valence-corrected chi connectivity index (χ4v) is 1.08. The van der Waals surface area contributed by atoms with Crippen molar-refractivity contribution in [3.8, 4) is 0 Å². The molecule has 0 spiro atoms. The first kappa shape index (κ1) is 10.8. The number of ether oxygens (including phenoxy) is 1. The van der Waals surface area contributed by atoms with Crippen LogP contribution in [0, 0.1) is 0 Å². The Hall–Kier alpha value is -1.29. The second-order valence-electron chi connectivity index (χ2n) is 2.91. The average Bonchev–Trinajstić information content (AvgIpc) is 2.69. The van der Waals surface area contributed by atoms with E-state index in [0.29, 0.717) is 13.0 Å². The third-order valence-corrected chi connectivity index (χ3v) is 1.86. The normalized spacial score (nSPS) is 10.1. The molecule has 78 valence electrons. The smallest absolute Gasteiger partial charge is 0.306 e. The zero-order valence-corrected chi connectivity index (χ0v) is 8.29. The number of hydrogen-bond acceptors (Lipinski definition) is 4. The molecule has 0 aliphatic carbocycles. The molecule has 0 radical (unpaired) electrons. The Morgan fingerprint density at radius 2 is 2.43 bits per heavy atom. The van der Waals surface area contributed by atoms with Crippen LogP contribution in [-0.4, -0.2) is 26.2 Å². The number of hydrogen-bond donors (Lipinski definition) is 1. The van der Waals surface area contributed by atoms with Crippen molar-refractivity contribution >= 4 is 5.97 Å². The summed E-state index contributed by atoms with van der Waals surface area (Å²) in [4.78, 5) is 10.7. The van der Waals surface area contributed by atoms with E-state index in [4.69, 9.17) is 4.42 Å². The van der Waals surface area contributed by atoms with Gasteiger partial charge in [0.2, 0.25) is 0 Å². The summed E-state index contributed by atoms with van der Waals surface area (Å²) >= 11 is 0. The van der Waals surface area contributed by atoms with Crippen molar-refractivity contribution in [1.29, 1.82) is 0 Å². The van der Waals surface area contributed by atoms with Gasteiger partial charge in [0.05, 0.1) is 19.8 Å². The summed E-state index contributed by atoms with van der Waals surface area (Å²) in [5, 5.41) is 3.13. The molecule has 0 unspecified atom stereocenters. The molecule has 14 heavy (non-hydrogen) atoms. The lowest BCUT2D eigenvalue weighted by atomic mass is 10.3. The van der Waals surface area contributed by atoms with Crippen molar-refractivity contribution in [1.82, 2.24) is 5.32 Å². The minimum Gasteiger partial charge on any atom is -0.469 e. The maximum Gasteiger partial charge on any atom is 0.306 e. The van der Waals surface area contributed by atoms with Gasteiger partial charge in [-0.3, -0.25) is 4.79 Å². The highest BCUT2D eigenvalue weighted by atomic mass is 16.5. The van der Waals surface area contributed by atoms with Gasteiger partial charge in [0.25, 0.3) is 0 Å². The summed E-state index contributed by atoms with van der Waals surface area (Å²) in [6.07, 6.45) is 2.91. The molecule has 1 aromatic heterocycles. The van der Waals surface area contributed by atoms with Crippen LogP contribution < -0.4 is 5.32 Å². The van der Waals surface area contributed by atoms with Gasteiger partial charge in [-0.15, -0.1) is 0 Å². The van der Waals surface area contributed by atoms with E-state index >= 15 is 0 Å². The third-order valence-electron chi connectivity index (χ3n) is 1.86. The maximum atomic E-state index is 10.7. The summed E-state index contributed by atoms with van der Waals surface area (Å²) in [5.74, 6) is 0.770. The number of methoxy groups -OCH3 is 1. The zero-order chi connectivity index (χ0) is 10.2. The molecule has 1 rings (SSSR count). The number of nitrogens with one attached hydrogen (secondary N) is 1. The molecule has 0 aromatic carbocycles. The van der Waals surface area contributed by atoms with Gasteiger partial charge >= 0.3 is 5.97 Å². The third kappa shape index (κ3) is 4.09. The van der Waals surface area contributed by atoms with E-state index in [1.54, 1.807) is 6.26 Å². The molecule has 0 aliphatic heterocycles. The van der Waals surface area contributed by atoms with E-state index in [0.717, 1.165) is 18.7 Å². The highest BCUT2D eigenvalue weighted by Gasteiger charge is 1.99. The summed E-state index contributed by atoms with van der Waals surface area (Å²) in [7, 11) is 1.39. The Kier molecular flexibility index (Phi) is 4.78. The molecule has 0 saturated heterocycles. The Morgan fingerprint density at radius 1 is 1.57 bits per heavy atom. The van der Waals surface area contributed by atoms with Crippen LogP contribution in [0.1, 0.15) is 12.2 Å². The molecule has 1 N–H and O–H groups in total. The fraction of sp³-hybridized carbons (Fsp3) is 0.500. The van der Waals surface area contributed by atoms with E-state index < -0.39 is 0 Å². The average molecular weight is 197 g/mol. The van der Waals surface area contributed by atoms with E-state index in [1.165, 1.54) is 7.11 Å². The van der Waals surface area contributed by atoms with Crippen LogP contribution in [0.4, 0.5) is 0 Å². The molecular formula is C10H15NO3. The monoisotopic (exact) mass is 197 g/mol. The molecule has 1 heterocycles. The first-order valence-electron chi connectivity index (χ1n) is 4.63. The standard InChI is InChI=1S/C10H15NO3/c1-13-10(12)5-7-11-6-4-9-3-2-8-14-9/h2-3,8,11H,4-7H2,1H3. The van der Waals surface area contributed by atoms with Crippen LogP contribution >= 0.6 is 0 Å². The van der Waals surface area contributed by atoms with Crippen LogP contribution in [0.25, 0.3) is 0 Å². The number of furan rings is 1. The molecular weight excluding hydrogens is 182 g/mol. The SMILES string of the molecule is COC(=O)CCNCCc1ccco1. The van der Waals surface area contributed by atoms with Crippen LogP contribution in [0.2, 0.25) is 0 Å². The Morgan fingerprint density at radius 3 is 3.07 bits per heavy atom. The first-order valence-corrected chi connectivity index (χ1v) is 4.63. The highest BCUT2D eigenvalue weighted by molar-refractivity contribution is 5.69. The van der Waals surface area contributed by atoms with Crippen LogP contribution in [0.15, 0.2) is 22.8 Å². The minimum absolute atomic E-state index is 0.185. The predicted octanol–water partition coefficient (Wildman–Crippen LogP) is 0.975. The lowest BCUT2D eigenvalue weighted by molar-refractivity contribution is -0.140. The molecule has 0 atom stereocenters. The molecule has 0 aliphatic rings. The number of rotatable bonds is 6. The lowest BCUT2D eigenvalue weighted by Gasteiger charge is -2.01. The Labute approximate surface area is 83.2 Å². The highest BCUT2D eigenvalue weighted by Crippen LogP contribution is 1.99. The van der Waals surface area contributed by atoms with E-state index in [-0.39, 0.29) is 5.97 Å². The summed E-state index contributed by atoms with van der Waals surface area (Å²) < 4.78 is 9.66. The quantitative estimate of drug-likeness (QED) is 0.545. The van der Waals surface area contributed by atoms with Gasteiger partial charge in [0.1, 0.15) is 5.76 Å². The maximum absolute atomic E-state index is 10.7. The molecule has 0 saturated carbocycles. The van der Waals surface area contributed by atoms with Crippen molar-refractivity contribution in [3.63, 3.8) is 0 Å². The topological polar surface area (TPSA) is 51.5 Å². The van der Waals surface area contributed by atoms with E-state index in [1.807, 2.05) is 12.1 Å². The van der Waals surface area contributed by atoms with Crippen LogP contribution in [-0.2, 0) is 16.0 Å². The van der Waals surface area contributed by atoms with Crippen molar-refractivity contribution in [3.05, 3.63) is 24.2 Å². The Balaban J connectivity index is 1.97. The second kappa shape index (κ2) is 6.21. The Bertz CT molecular complexity index is 256. The zero-order valence-electron chi connectivity index (χ0n) is 8.29. The van der Waals surface area contributed by atoms with Gasteiger partial charge in [-0.2, -0.15) is 0 Å².